The summed E-state index contributed by atoms with van der Waals surface area (Å²) in [7, 11) is 0. The molecule has 1 saturated heterocycles. The lowest BCUT2D eigenvalue weighted by molar-refractivity contribution is 0.0681. The summed E-state index contributed by atoms with van der Waals surface area (Å²) in [6, 6.07) is 10.5. The zero-order chi connectivity index (χ0) is 14.8. The number of hydrogen-bond donors (Lipinski definition) is 1. The lowest BCUT2D eigenvalue weighted by Gasteiger charge is -2.31. The van der Waals surface area contributed by atoms with Gasteiger partial charge in [-0.05, 0) is 60.2 Å². The van der Waals surface area contributed by atoms with Gasteiger partial charge < -0.3 is 14.4 Å². The lowest BCUT2D eigenvalue weighted by atomic mass is 9.89. The van der Waals surface area contributed by atoms with E-state index < -0.39 is 0 Å². The summed E-state index contributed by atoms with van der Waals surface area (Å²) in [6.45, 7) is 1.39. The van der Waals surface area contributed by atoms with E-state index in [1.54, 1.807) is 29.2 Å². The second-order valence-electron chi connectivity index (χ2n) is 5.26. The molecule has 4 nitrogen and oxygen atoms in total. The predicted molar refractivity (Wildman–Crippen MR) is 79.7 cm³/mol. The fourth-order valence-corrected chi connectivity index (χ4v) is 2.89. The zero-order valence-electron chi connectivity index (χ0n) is 11.5. The maximum absolute atomic E-state index is 12.2. The van der Waals surface area contributed by atoms with Gasteiger partial charge in [0, 0.05) is 13.1 Å². The van der Waals surface area contributed by atoms with E-state index in [0.29, 0.717) is 24.8 Å². The molecule has 0 saturated carbocycles. The molecule has 1 aromatic heterocycles. The zero-order valence-corrected chi connectivity index (χ0v) is 12.2. The first kappa shape index (κ1) is 14.0. The van der Waals surface area contributed by atoms with Gasteiger partial charge in [0.1, 0.15) is 5.75 Å². The summed E-state index contributed by atoms with van der Waals surface area (Å²) >= 11 is 5.70. The molecule has 2 aromatic rings. The summed E-state index contributed by atoms with van der Waals surface area (Å²) in [4.78, 5) is 14.0. The molecule has 1 aliphatic heterocycles. The van der Waals surface area contributed by atoms with Crippen LogP contribution in [0, 0.1) is 0 Å². The van der Waals surface area contributed by atoms with Gasteiger partial charge in [-0.25, -0.2) is 0 Å². The normalized spacial score (nSPS) is 16.1. The molecule has 1 aliphatic rings. The number of nitrogens with zero attached hydrogens (tertiary/aromatic N) is 1. The third-order valence-electron chi connectivity index (χ3n) is 3.93. The van der Waals surface area contributed by atoms with Gasteiger partial charge in [0.15, 0.2) is 11.0 Å². The smallest absolute Gasteiger partial charge is 0.289 e. The van der Waals surface area contributed by atoms with Crippen molar-refractivity contribution < 1.29 is 14.3 Å². The fourth-order valence-electron chi connectivity index (χ4n) is 2.75. The number of furan rings is 1. The van der Waals surface area contributed by atoms with Crippen molar-refractivity contribution in [2.24, 2.45) is 0 Å². The van der Waals surface area contributed by atoms with Crippen LogP contribution in [0.4, 0.5) is 0 Å². The number of aromatic hydroxyl groups is 1. The minimum absolute atomic E-state index is 0.106. The van der Waals surface area contributed by atoms with Gasteiger partial charge in [0.2, 0.25) is 0 Å². The topological polar surface area (TPSA) is 53.7 Å². The van der Waals surface area contributed by atoms with Crippen molar-refractivity contribution in [3.05, 3.63) is 52.9 Å². The Morgan fingerprint density at radius 3 is 2.38 bits per heavy atom. The van der Waals surface area contributed by atoms with Crippen LogP contribution in [0.15, 0.2) is 40.8 Å². The molecule has 5 heteroatoms. The number of rotatable bonds is 2. The maximum atomic E-state index is 12.2. The first-order valence-corrected chi connectivity index (χ1v) is 7.35. The van der Waals surface area contributed by atoms with Crippen LogP contribution < -0.4 is 0 Å². The van der Waals surface area contributed by atoms with Gasteiger partial charge in [0.25, 0.3) is 5.91 Å². The SMILES string of the molecule is O=C(c1ccc(Cl)o1)N1CCC(c2ccc(O)cc2)CC1. The van der Waals surface area contributed by atoms with E-state index in [0.717, 1.165) is 12.8 Å². The Bertz CT molecular complexity index is 627. The summed E-state index contributed by atoms with van der Waals surface area (Å²) in [6.07, 6.45) is 1.82. The Morgan fingerprint density at radius 2 is 1.81 bits per heavy atom. The highest BCUT2D eigenvalue weighted by molar-refractivity contribution is 6.29. The second kappa shape index (κ2) is 5.82. The van der Waals surface area contributed by atoms with Crippen molar-refractivity contribution in [2.75, 3.05) is 13.1 Å². The number of phenols is 1. The Kier molecular flexibility index (Phi) is 3.88. The Balaban J connectivity index is 1.62. The van der Waals surface area contributed by atoms with Crippen LogP contribution >= 0.6 is 11.6 Å². The maximum Gasteiger partial charge on any atom is 0.289 e. The quantitative estimate of drug-likeness (QED) is 0.921. The Labute approximate surface area is 127 Å². The average molecular weight is 306 g/mol. The largest absolute Gasteiger partial charge is 0.508 e. The van der Waals surface area contributed by atoms with E-state index in [2.05, 4.69) is 0 Å². The van der Waals surface area contributed by atoms with Crippen LogP contribution in [-0.2, 0) is 0 Å². The van der Waals surface area contributed by atoms with Crippen molar-refractivity contribution >= 4 is 17.5 Å². The molecule has 0 aliphatic carbocycles. The van der Waals surface area contributed by atoms with Crippen molar-refractivity contribution in [1.29, 1.82) is 0 Å². The number of likely N-dealkylation sites (tertiary alicyclic amines) is 1. The van der Waals surface area contributed by atoms with E-state index in [1.807, 2.05) is 12.1 Å². The number of carbonyl (C=O) groups is 1. The van der Waals surface area contributed by atoms with Crippen LogP contribution in [0.5, 0.6) is 5.75 Å². The number of halogens is 1. The molecule has 0 radical (unpaired) electrons. The van der Waals surface area contributed by atoms with E-state index >= 15 is 0 Å². The molecule has 1 aromatic carbocycles. The Hall–Kier alpha value is -1.94. The fraction of sp³-hybridized carbons (Fsp3) is 0.312. The predicted octanol–water partition coefficient (Wildman–Crippen LogP) is 3.66. The van der Waals surface area contributed by atoms with Crippen LogP contribution in [0.3, 0.4) is 0 Å². The summed E-state index contributed by atoms with van der Waals surface area (Å²) in [5, 5.41) is 9.56. The monoisotopic (exact) mass is 305 g/mol. The van der Waals surface area contributed by atoms with Crippen LogP contribution in [0.1, 0.15) is 34.9 Å². The number of carbonyl (C=O) groups excluding carboxylic acids is 1. The third kappa shape index (κ3) is 3.05. The number of hydrogen-bond acceptors (Lipinski definition) is 3. The molecule has 1 fully saturated rings. The molecule has 0 spiro atoms. The van der Waals surface area contributed by atoms with E-state index in [-0.39, 0.29) is 16.9 Å². The molecular formula is C16H16ClNO3. The van der Waals surface area contributed by atoms with Crippen molar-refractivity contribution in [1.82, 2.24) is 4.90 Å². The summed E-state index contributed by atoms with van der Waals surface area (Å²) in [5.74, 6) is 0.894. The minimum Gasteiger partial charge on any atom is -0.508 e. The number of benzene rings is 1. The van der Waals surface area contributed by atoms with Gasteiger partial charge in [-0.15, -0.1) is 0 Å². The molecule has 1 N–H and O–H groups in total. The molecule has 2 heterocycles. The van der Waals surface area contributed by atoms with Crippen LogP contribution in [-0.4, -0.2) is 29.0 Å². The molecule has 110 valence electrons. The van der Waals surface area contributed by atoms with E-state index in [9.17, 15) is 9.90 Å². The molecule has 21 heavy (non-hydrogen) atoms. The first-order valence-electron chi connectivity index (χ1n) is 6.97. The summed E-state index contributed by atoms with van der Waals surface area (Å²) in [5.41, 5.74) is 1.21. The standard InChI is InChI=1S/C16H16ClNO3/c17-15-6-5-14(21-15)16(20)18-9-7-12(8-10-18)11-1-3-13(19)4-2-11/h1-6,12,19H,7-10H2. The lowest BCUT2D eigenvalue weighted by Crippen LogP contribution is -2.37. The second-order valence-corrected chi connectivity index (χ2v) is 5.63. The molecule has 3 rings (SSSR count). The van der Waals surface area contributed by atoms with Crippen molar-refractivity contribution in [3.63, 3.8) is 0 Å². The van der Waals surface area contributed by atoms with Crippen LogP contribution in [0.2, 0.25) is 5.22 Å². The molecular weight excluding hydrogens is 290 g/mol. The van der Waals surface area contributed by atoms with Gasteiger partial charge in [-0.3, -0.25) is 4.79 Å². The van der Waals surface area contributed by atoms with Gasteiger partial charge in [-0.1, -0.05) is 12.1 Å². The van der Waals surface area contributed by atoms with Crippen molar-refractivity contribution in [3.8, 4) is 5.75 Å². The highest BCUT2D eigenvalue weighted by atomic mass is 35.5. The number of amides is 1. The van der Waals surface area contributed by atoms with Crippen molar-refractivity contribution in [2.45, 2.75) is 18.8 Å². The third-order valence-corrected chi connectivity index (χ3v) is 4.13. The molecule has 0 bridgehead atoms. The van der Waals surface area contributed by atoms with Crippen LogP contribution in [0.25, 0.3) is 0 Å². The highest BCUT2D eigenvalue weighted by Gasteiger charge is 2.26. The Morgan fingerprint density at radius 1 is 1.14 bits per heavy atom. The molecule has 1 amide bonds. The number of phenolic OH excluding ortho intramolecular Hbond substituents is 1. The molecule has 0 unspecified atom stereocenters. The highest BCUT2D eigenvalue weighted by Crippen LogP contribution is 2.29. The molecule has 0 atom stereocenters. The van der Waals surface area contributed by atoms with Gasteiger partial charge >= 0.3 is 0 Å². The van der Waals surface area contributed by atoms with E-state index in [4.69, 9.17) is 16.0 Å². The summed E-state index contributed by atoms with van der Waals surface area (Å²) < 4.78 is 5.17. The average Bonchev–Trinajstić information content (AvgIpc) is 2.94. The number of piperidine rings is 1. The first-order chi connectivity index (χ1) is 10.1. The van der Waals surface area contributed by atoms with Gasteiger partial charge in [0.05, 0.1) is 0 Å². The van der Waals surface area contributed by atoms with E-state index in [1.165, 1.54) is 5.56 Å². The minimum atomic E-state index is -0.106. The van der Waals surface area contributed by atoms with Gasteiger partial charge in [-0.2, -0.15) is 0 Å².